The summed E-state index contributed by atoms with van der Waals surface area (Å²) in [6.07, 6.45) is -0.0764. The van der Waals surface area contributed by atoms with Crippen molar-refractivity contribution in [3.8, 4) is 0 Å². The molecule has 1 saturated heterocycles. The molecule has 2 aliphatic rings. The average molecular weight is 333 g/mol. The molecule has 8 heteroatoms. The molecule has 126 valence electrons. The predicted octanol–water partition coefficient (Wildman–Crippen LogP) is 0.471. The van der Waals surface area contributed by atoms with E-state index in [1.54, 1.807) is 6.92 Å². The molecule has 2 amide bonds. The summed E-state index contributed by atoms with van der Waals surface area (Å²) < 4.78 is 13.0. The van der Waals surface area contributed by atoms with Crippen LogP contribution in [0.3, 0.4) is 0 Å². The second-order valence-corrected chi connectivity index (χ2v) is 6.20. The lowest BCUT2D eigenvalue weighted by molar-refractivity contribution is -0.127. The lowest BCUT2D eigenvalue weighted by atomic mass is 10.1. The van der Waals surface area contributed by atoms with Crippen LogP contribution in [-0.2, 0) is 14.4 Å². The third kappa shape index (κ3) is 3.05. The maximum absolute atomic E-state index is 13.0. The highest BCUT2D eigenvalue weighted by Crippen LogP contribution is 2.23. The standard InChI is InChI=1S/C16H16FN3O4/c1-16(24)6-7-19(9-16)15(23)14-12(21)8-13(22)20(18-14)11-4-2-10(17)3-5-11/h2-5,24H,6-9H2,1H3. The third-order valence-corrected chi connectivity index (χ3v) is 4.02. The van der Waals surface area contributed by atoms with Crippen LogP contribution in [0, 0.1) is 5.82 Å². The monoisotopic (exact) mass is 333 g/mol. The van der Waals surface area contributed by atoms with Gasteiger partial charge in [-0.1, -0.05) is 0 Å². The number of hydrazone groups is 1. The third-order valence-electron chi connectivity index (χ3n) is 4.02. The Labute approximate surface area is 137 Å². The van der Waals surface area contributed by atoms with Crippen molar-refractivity contribution in [1.29, 1.82) is 0 Å². The van der Waals surface area contributed by atoms with Gasteiger partial charge in [0.25, 0.3) is 11.8 Å². The summed E-state index contributed by atoms with van der Waals surface area (Å²) >= 11 is 0. The molecule has 0 spiro atoms. The van der Waals surface area contributed by atoms with Gasteiger partial charge in [-0.05, 0) is 37.6 Å². The van der Waals surface area contributed by atoms with Crippen molar-refractivity contribution in [2.75, 3.05) is 18.1 Å². The molecule has 0 aromatic heterocycles. The fourth-order valence-corrected chi connectivity index (χ4v) is 2.72. The second kappa shape index (κ2) is 5.79. The Morgan fingerprint density at radius 3 is 2.54 bits per heavy atom. The highest BCUT2D eigenvalue weighted by Gasteiger charge is 2.40. The van der Waals surface area contributed by atoms with Gasteiger partial charge in [0, 0.05) is 13.1 Å². The van der Waals surface area contributed by atoms with E-state index >= 15 is 0 Å². The van der Waals surface area contributed by atoms with Gasteiger partial charge in [-0.3, -0.25) is 14.4 Å². The molecule has 1 unspecified atom stereocenters. The fraction of sp³-hybridized carbons (Fsp3) is 0.375. The van der Waals surface area contributed by atoms with Crippen LogP contribution in [0.15, 0.2) is 29.4 Å². The van der Waals surface area contributed by atoms with Gasteiger partial charge in [-0.25, -0.2) is 4.39 Å². The Morgan fingerprint density at radius 1 is 1.29 bits per heavy atom. The first-order valence-corrected chi connectivity index (χ1v) is 7.49. The second-order valence-electron chi connectivity index (χ2n) is 6.20. The predicted molar refractivity (Wildman–Crippen MR) is 82.8 cm³/mol. The molecule has 2 aliphatic heterocycles. The molecule has 24 heavy (non-hydrogen) atoms. The molecule has 2 heterocycles. The highest BCUT2D eigenvalue weighted by molar-refractivity contribution is 6.67. The molecular formula is C16H16FN3O4. The van der Waals surface area contributed by atoms with Crippen molar-refractivity contribution in [2.45, 2.75) is 25.4 Å². The molecule has 1 fully saturated rings. The number of carbonyl (C=O) groups excluding carboxylic acids is 3. The summed E-state index contributed by atoms with van der Waals surface area (Å²) in [7, 11) is 0. The van der Waals surface area contributed by atoms with E-state index in [0.717, 1.165) is 17.1 Å². The number of hydrogen-bond donors (Lipinski definition) is 1. The van der Waals surface area contributed by atoms with Crippen LogP contribution >= 0.6 is 0 Å². The first-order valence-electron chi connectivity index (χ1n) is 7.49. The van der Waals surface area contributed by atoms with Crippen LogP contribution in [0.1, 0.15) is 19.8 Å². The number of Topliss-reactive ketones (excluding diaryl/α,β-unsaturated/α-hetero) is 1. The van der Waals surface area contributed by atoms with Gasteiger partial charge in [0.1, 0.15) is 5.82 Å². The summed E-state index contributed by atoms with van der Waals surface area (Å²) in [5, 5.41) is 14.8. The lowest BCUT2D eigenvalue weighted by Crippen LogP contribution is -2.46. The number of amides is 2. The molecule has 1 atom stereocenters. The first-order chi connectivity index (χ1) is 11.3. The van der Waals surface area contributed by atoms with E-state index in [2.05, 4.69) is 5.10 Å². The number of carbonyl (C=O) groups is 3. The van der Waals surface area contributed by atoms with Crippen molar-refractivity contribution in [1.82, 2.24) is 4.90 Å². The minimum Gasteiger partial charge on any atom is -0.388 e. The first kappa shape index (κ1) is 16.3. The van der Waals surface area contributed by atoms with E-state index in [9.17, 15) is 23.9 Å². The van der Waals surface area contributed by atoms with E-state index in [0.29, 0.717) is 13.0 Å². The van der Waals surface area contributed by atoms with Crippen molar-refractivity contribution in [2.24, 2.45) is 5.10 Å². The number of aliphatic hydroxyl groups is 1. The van der Waals surface area contributed by atoms with Gasteiger partial charge in [0.2, 0.25) is 0 Å². The van der Waals surface area contributed by atoms with Crippen LogP contribution in [0.2, 0.25) is 0 Å². The van der Waals surface area contributed by atoms with E-state index in [1.165, 1.54) is 17.0 Å². The molecule has 3 rings (SSSR count). The quantitative estimate of drug-likeness (QED) is 0.797. The number of benzene rings is 1. The van der Waals surface area contributed by atoms with Crippen molar-refractivity contribution < 1.29 is 23.9 Å². The molecule has 0 bridgehead atoms. The summed E-state index contributed by atoms with van der Waals surface area (Å²) in [5.41, 5.74) is -1.08. The zero-order valence-corrected chi connectivity index (χ0v) is 13.0. The van der Waals surface area contributed by atoms with Crippen LogP contribution in [0.25, 0.3) is 0 Å². The normalized spacial score (nSPS) is 24.4. The molecular weight excluding hydrogens is 317 g/mol. The molecule has 1 aromatic rings. The summed E-state index contributed by atoms with van der Waals surface area (Å²) in [5.74, 6) is -2.33. The maximum atomic E-state index is 13.0. The molecule has 1 aromatic carbocycles. The minimum absolute atomic E-state index is 0.0998. The van der Waals surface area contributed by atoms with Gasteiger partial charge in [0.05, 0.1) is 17.7 Å². The van der Waals surface area contributed by atoms with Gasteiger partial charge in [0.15, 0.2) is 11.5 Å². The van der Waals surface area contributed by atoms with Crippen LogP contribution in [-0.4, -0.2) is 52.0 Å². The van der Waals surface area contributed by atoms with E-state index < -0.39 is 35.4 Å². The molecule has 0 saturated carbocycles. The number of halogens is 1. The number of nitrogens with zero attached hydrogens (tertiary/aromatic N) is 3. The number of anilines is 1. The lowest BCUT2D eigenvalue weighted by Gasteiger charge is -2.25. The minimum atomic E-state index is -1.000. The average Bonchev–Trinajstić information content (AvgIpc) is 2.88. The number of β-amino-alcohol motifs (C(OH)–C–C–N with tert-alkyl or cyclic N) is 1. The van der Waals surface area contributed by atoms with Crippen molar-refractivity contribution in [3.63, 3.8) is 0 Å². The van der Waals surface area contributed by atoms with Gasteiger partial charge >= 0.3 is 0 Å². The highest BCUT2D eigenvalue weighted by atomic mass is 19.1. The van der Waals surface area contributed by atoms with Gasteiger partial charge in [-0.2, -0.15) is 10.1 Å². The molecule has 0 aliphatic carbocycles. The Balaban J connectivity index is 1.89. The van der Waals surface area contributed by atoms with E-state index in [4.69, 9.17) is 0 Å². The van der Waals surface area contributed by atoms with Crippen LogP contribution in [0.5, 0.6) is 0 Å². The number of rotatable bonds is 2. The van der Waals surface area contributed by atoms with E-state index in [1.807, 2.05) is 0 Å². The zero-order valence-electron chi connectivity index (χ0n) is 13.0. The molecule has 7 nitrogen and oxygen atoms in total. The summed E-state index contributed by atoms with van der Waals surface area (Å²) in [6.45, 7) is 2.02. The largest absolute Gasteiger partial charge is 0.388 e. The molecule has 1 N–H and O–H groups in total. The van der Waals surface area contributed by atoms with Gasteiger partial charge < -0.3 is 10.0 Å². The Kier molecular flexibility index (Phi) is 3.92. The van der Waals surface area contributed by atoms with Crippen molar-refractivity contribution in [3.05, 3.63) is 30.1 Å². The maximum Gasteiger partial charge on any atom is 0.278 e. The number of ketones is 1. The Hall–Kier alpha value is -2.61. The molecule has 0 radical (unpaired) electrons. The number of hydrogen-bond acceptors (Lipinski definition) is 5. The summed E-state index contributed by atoms with van der Waals surface area (Å²) in [6, 6.07) is 5.01. The topological polar surface area (TPSA) is 90.3 Å². The summed E-state index contributed by atoms with van der Waals surface area (Å²) in [4.78, 5) is 37.9. The fourth-order valence-electron chi connectivity index (χ4n) is 2.72. The van der Waals surface area contributed by atoms with Crippen molar-refractivity contribution >= 4 is 29.0 Å². The van der Waals surface area contributed by atoms with Crippen LogP contribution < -0.4 is 5.01 Å². The smallest absolute Gasteiger partial charge is 0.278 e. The van der Waals surface area contributed by atoms with E-state index in [-0.39, 0.29) is 17.9 Å². The number of likely N-dealkylation sites (tertiary alicyclic amines) is 1. The van der Waals surface area contributed by atoms with Crippen LogP contribution in [0.4, 0.5) is 10.1 Å². The zero-order chi connectivity index (χ0) is 17.5. The van der Waals surface area contributed by atoms with Gasteiger partial charge in [-0.15, -0.1) is 0 Å². The SMILES string of the molecule is CC1(O)CCN(C(=O)C2=NN(c3ccc(F)cc3)C(=O)CC2=O)C1. The Morgan fingerprint density at radius 2 is 1.96 bits per heavy atom. The Bertz CT molecular complexity index is 742.